The van der Waals surface area contributed by atoms with Crippen LogP contribution in [0, 0.1) is 0 Å². The summed E-state index contributed by atoms with van der Waals surface area (Å²) in [6.45, 7) is -3.22. The number of carbonyl (C=O) groups is 11. The number of rotatable bonds is 39. The van der Waals surface area contributed by atoms with E-state index in [0.717, 1.165) is 6.92 Å². The van der Waals surface area contributed by atoms with E-state index in [1.807, 2.05) is 0 Å². The van der Waals surface area contributed by atoms with Crippen molar-refractivity contribution in [3.63, 3.8) is 0 Å². The number of imidazole rings is 1. The monoisotopic (exact) mass is 1410 g/mol. The van der Waals surface area contributed by atoms with Gasteiger partial charge in [-0.05, 0) is 90.1 Å². The predicted octanol–water partition coefficient (Wildman–Crippen LogP) is -5.12. The van der Waals surface area contributed by atoms with Gasteiger partial charge in [0.05, 0.1) is 38.9 Å². The van der Waals surface area contributed by atoms with Gasteiger partial charge >= 0.3 is 5.97 Å². The second kappa shape index (κ2) is 38.5. The highest BCUT2D eigenvalue weighted by molar-refractivity contribution is 7.98. The molecule has 0 aliphatic rings. The summed E-state index contributed by atoms with van der Waals surface area (Å²) in [6, 6.07) is 4.84. The maximum atomic E-state index is 14.8. The molecule has 0 radical (unpaired) electrons. The highest BCUT2D eigenvalue weighted by atomic mass is 32.2. The number of hydrogen-bond acceptors (Lipinski definition) is 22. The molecular formula is C65H82N14O20S. The number of hydrogen-bond donors (Lipinski definition) is 22. The Bertz CT molecular complexity index is 3750. The summed E-state index contributed by atoms with van der Waals surface area (Å²) < 4.78 is 0. The zero-order chi connectivity index (χ0) is 73.2. The lowest BCUT2D eigenvalue weighted by Gasteiger charge is -2.28. The van der Waals surface area contributed by atoms with Crippen molar-refractivity contribution in [1.82, 2.24) is 68.1 Å². The molecule has 0 bridgehead atoms. The SMILES string of the molecule is CSCC[C@H](NC(=O)[C@H](Cc1ccc(O)cc1)NC(=O)[C@H](CO)NC(=O)[C@H](Cc1ccc(O)cc1)NC(=O)[C@H](CO)NC(=O)[C@H](CO)NC(=O)[C@@H](NC(=O)[C@@H](N)CO)[C@@H](C)O)C(=O)N[C@@H](Cc1cnc[nH]1)C(=O)N[C@@H](Cc1c[nH]c2ccccc12)C(=O)N[C@@H](Cc1ccc(O)cc1)C(=O)O. The van der Waals surface area contributed by atoms with Gasteiger partial charge in [-0.3, -0.25) is 47.9 Å². The molecule has 0 saturated heterocycles. The largest absolute Gasteiger partial charge is 0.508 e. The third kappa shape index (κ3) is 23.5. The lowest BCUT2D eigenvalue weighted by atomic mass is 10.0. The Morgan fingerprint density at radius 1 is 0.460 bits per heavy atom. The topological polar surface area (TPSA) is 561 Å². The number of aliphatic carboxylic acids is 1. The number of aliphatic hydroxyl groups is 5. The maximum absolute atomic E-state index is 14.8. The number of phenols is 3. The van der Waals surface area contributed by atoms with Gasteiger partial charge in [0.15, 0.2) is 0 Å². The van der Waals surface area contributed by atoms with E-state index < -0.39 is 170 Å². The third-order valence-corrected chi connectivity index (χ3v) is 16.3. The molecule has 0 unspecified atom stereocenters. The molecule has 100 heavy (non-hydrogen) atoms. The zero-order valence-corrected chi connectivity index (χ0v) is 54.9. The van der Waals surface area contributed by atoms with Gasteiger partial charge in [0, 0.05) is 61.1 Å². The van der Waals surface area contributed by atoms with Crippen molar-refractivity contribution in [2.75, 3.05) is 38.4 Å². The van der Waals surface area contributed by atoms with Crippen molar-refractivity contribution in [3.05, 3.63) is 144 Å². The van der Waals surface area contributed by atoms with Crippen LogP contribution >= 0.6 is 11.8 Å². The summed E-state index contributed by atoms with van der Waals surface area (Å²) >= 11 is 1.28. The summed E-state index contributed by atoms with van der Waals surface area (Å²) in [6.07, 6.45) is 2.83. The van der Waals surface area contributed by atoms with E-state index in [1.165, 1.54) is 97.1 Å². The van der Waals surface area contributed by atoms with Crippen LogP contribution in [0.15, 0.2) is 116 Å². The highest BCUT2D eigenvalue weighted by Gasteiger charge is 2.37. The Balaban J connectivity index is 1.22. The van der Waals surface area contributed by atoms with Crippen molar-refractivity contribution in [2.24, 2.45) is 5.73 Å². The first-order chi connectivity index (χ1) is 47.7. The number of benzene rings is 4. The van der Waals surface area contributed by atoms with Gasteiger partial charge < -0.3 is 115 Å². The maximum Gasteiger partial charge on any atom is 0.326 e. The molecule has 34 nitrogen and oxygen atoms in total. The Labute approximate surface area is 575 Å². The van der Waals surface area contributed by atoms with Gasteiger partial charge in [0.2, 0.25) is 59.1 Å². The van der Waals surface area contributed by atoms with E-state index in [1.54, 1.807) is 36.7 Å². The van der Waals surface area contributed by atoms with Gasteiger partial charge in [-0.2, -0.15) is 11.8 Å². The van der Waals surface area contributed by atoms with Crippen molar-refractivity contribution < 1.29 is 98.7 Å². The Kier molecular flexibility index (Phi) is 30.1. The number of carboxylic acids is 1. The number of aromatic amines is 2. The molecule has 23 N–H and O–H groups in total. The normalized spacial score (nSPS) is 14.8. The zero-order valence-electron chi connectivity index (χ0n) is 54.1. The molecule has 6 rings (SSSR count). The van der Waals surface area contributed by atoms with Crippen LogP contribution in [0.5, 0.6) is 17.2 Å². The molecule has 4 aromatic carbocycles. The van der Waals surface area contributed by atoms with Gasteiger partial charge in [0.1, 0.15) is 83.7 Å². The molecule has 0 aliphatic carbocycles. The molecule has 6 aromatic rings. The fraction of sp³-hybridized carbons (Fsp3) is 0.385. The second-order valence-electron chi connectivity index (χ2n) is 23.2. The van der Waals surface area contributed by atoms with E-state index in [0.29, 0.717) is 33.3 Å². The number of carbonyl (C=O) groups excluding carboxylic acids is 10. The molecule has 35 heteroatoms. The summed E-state index contributed by atoms with van der Waals surface area (Å²) in [7, 11) is 0. The smallest absolute Gasteiger partial charge is 0.326 e. The fourth-order valence-corrected chi connectivity index (χ4v) is 10.5. The number of thioether (sulfide) groups is 1. The van der Waals surface area contributed by atoms with Crippen LogP contribution in [0.3, 0.4) is 0 Å². The van der Waals surface area contributed by atoms with E-state index in [9.17, 15) is 98.7 Å². The average molecular weight is 1410 g/mol. The van der Waals surface area contributed by atoms with Crippen LogP contribution in [0.1, 0.15) is 41.3 Å². The van der Waals surface area contributed by atoms with Crippen molar-refractivity contribution in [2.45, 2.75) is 118 Å². The average Bonchev–Trinajstić information content (AvgIpc) is 1.64. The lowest BCUT2D eigenvalue weighted by molar-refractivity contribution is -0.142. The number of nitrogens with zero attached hydrogens (tertiary/aromatic N) is 1. The van der Waals surface area contributed by atoms with E-state index in [4.69, 9.17) is 5.73 Å². The van der Waals surface area contributed by atoms with Gasteiger partial charge in [0.25, 0.3) is 0 Å². The number of aromatic hydroxyl groups is 3. The van der Waals surface area contributed by atoms with Gasteiger partial charge in [-0.1, -0.05) is 54.6 Å². The van der Waals surface area contributed by atoms with Crippen molar-refractivity contribution >= 4 is 87.7 Å². The number of para-hydroxylation sites is 1. The van der Waals surface area contributed by atoms with Crippen molar-refractivity contribution in [3.8, 4) is 17.2 Å². The first kappa shape index (κ1) is 78.3. The minimum absolute atomic E-state index is 0.0736. The summed E-state index contributed by atoms with van der Waals surface area (Å²) in [4.78, 5) is 163. The Hall–Kier alpha value is -10.7. The van der Waals surface area contributed by atoms with Gasteiger partial charge in [-0.15, -0.1) is 0 Å². The van der Waals surface area contributed by atoms with E-state index in [-0.39, 0.29) is 60.7 Å². The number of H-pyrrole nitrogens is 2. The minimum atomic E-state index is -1.95. The number of nitrogens with one attached hydrogen (secondary N) is 12. The number of aliphatic hydroxyl groups excluding tert-OH is 5. The van der Waals surface area contributed by atoms with Crippen LogP contribution in [-0.2, 0) is 84.8 Å². The molecule has 2 aromatic heterocycles. The van der Waals surface area contributed by atoms with Crippen molar-refractivity contribution in [1.29, 1.82) is 0 Å². The molecule has 0 saturated carbocycles. The quantitative estimate of drug-likeness (QED) is 0.0172. The Morgan fingerprint density at radius 3 is 1.25 bits per heavy atom. The summed E-state index contributed by atoms with van der Waals surface area (Å²) in [5, 5.41) is 115. The molecule has 0 aliphatic heterocycles. The first-order valence-electron chi connectivity index (χ1n) is 31.2. The minimum Gasteiger partial charge on any atom is -0.508 e. The molecule has 12 atom stereocenters. The van der Waals surface area contributed by atoms with Gasteiger partial charge in [-0.25, -0.2) is 9.78 Å². The number of carboxylic acid groups (broad SMARTS) is 1. The first-order valence-corrected chi connectivity index (χ1v) is 32.6. The molecule has 0 spiro atoms. The second-order valence-corrected chi connectivity index (χ2v) is 24.2. The standard InChI is InChI=1S/C65H82N14O20S/c1-33(84)54(79-55(88)43(66)28-80)64(97)78-53(31-83)63(96)77-52(30-82)62(95)72-47(22-35-9-15-40(86)16-10-35)58(91)76-51(29-81)61(94)71-46(21-34-7-13-39(85)14-8-34)57(90)70-45(19-20-100-2)56(89)74-49(25-38-27-67-32-69-38)60(93)73-48(24-37-26-68-44-6-4-3-5-42(37)44)59(92)75-50(65(98)99)23-36-11-17-41(87)18-12-36/h3-18,26-27,32-33,43,45-54,68,80-87H,19-25,28-31,66H2,1-2H3,(H,67,69)(H,70,90)(H,71,94)(H,72,95)(H,73,93)(H,74,89)(H,75,92)(H,76,91)(H,77,96)(H,78,97)(H,79,88)(H,98,99)/t33-,43+,45+,46+,47+,48+,49+,50+,51+,52+,53+,54+/m1/s1. The summed E-state index contributed by atoms with van der Waals surface area (Å²) in [5.74, 6) is -12.7. The predicted molar refractivity (Wildman–Crippen MR) is 358 cm³/mol. The Morgan fingerprint density at radius 2 is 0.840 bits per heavy atom. The van der Waals surface area contributed by atoms with Crippen LogP contribution in [0.4, 0.5) is 0 Å². The van der Waals surface area contributed by atoms with E-state index in [2.05, 4.69) is 68.1 Å². The van der Waals surface area contributed by atoms with Crippen LogP contribution in [0.2, 0.25) is 0 Å². The molecule has 10 amide bonds. The molecule has 2 heterocycles. The molecule has 0 fully saturated rings. The van der Waals surface area contributed by atoms with Crippen LogP contribution in [-0.4, -0.2) is 237 Å². The molecular weight excluding hydrogens is 1330 g/mol. The number of fused-ring (bicyclic) bond motifs is 1. The molecule has 538 valence electrons. The van der Waals surface area contributed by atoms with Crippen LogP contribution < -0.4 is 58.9 Å². The summed E-state index contributed by atoms with van der Waals surface area (Å²) in [5.41, 5.74) is 8.13. The number of phenolic OH excluding ortho intramolecular Hbond substituents is 3. The highest BCUT2D eigenvalue weighted by Crippen LogP contribution is 2.21. The van der Waals surface area contributed by atoms with E-state index >= 15 is 0 Å². The lowest BCUT2D eigenvalue weighted by Crippen LogP contribution is -2.62. The fourth-order valence-electron chi connectivity index (χ4n) is 10.1. The van der Waals surface area contributed by atoms with Crippen LogP contribution in [0.25, 0.3) is 10.9 Å². The third-order valence-electron chi connectivity index (χ3n) is 15.6. The number of amides is 10. The number of nitrogens with two attached hydrogens (primary N) is 1. The number of aromatic nitrogens is 3.